The lowest BCUT2D eigenvalue weighted by Crippen LogP contribution is -2.30. The monoisotopic (exact) mass is 479 g/mol. The summed E-state index contributed by atoms with van der Waals surface area (Å²) in [5, 5.41) is 2.98. The minimum atomic E-state index is -3.89. The van der Waals surface area contributed by atoms with Gasteiger partial charge in [0.25, 0.3) is 15.9 Å². The predicted octanol–water partition coefficient (Wildman–Crippen LogP) is 5.13. The third-order valence-corrected chi connectivity index (χ3v) is 7.09. The van der Waals surface area contributed by atoms with Crippen LogP contribution in [0.3, 0.4) is 0 Å². The number of hydrogen-bond donors (Lipinski definition) is 2. The highest BCUT2D eigenvalue weighted by Crippen LogP contribution is 2.30. The number of ether oxygens (including phenoxy) is 1. The molecule has 0 bridgehead atoms. The smallest absolute Gasteiger partial charge is 0.261 e. The molecular weight excluding hydrogens is 450 g/mol. The Morgan fingerprint density at radius 2 is 1.53 bits per heavy atom. The average molecular weight is 480 g/mol. The summed E-state index contributed by atoms with van der Waals surface area (Å²) in [6.07, 6.45) is 3.46. The molecule has 8 heteroatoms. The van der Waals surface area contributed by atoms with Crippen molar-refractivity contribution >= 4 is 33.0 Å². The summed E-state index contributed by atoms with van der Waals surface area (Å²) < 4.78 is 33.9. The zero-order valence-corrected chi connectivity index (χ0v) is 20.0. The van der Waals surface area contributed by atoms with E-state index in [0.717, 1.165) is 31.6 Å². The standard InChI is InChI=1S/C26H29N3O4S/c1-2-33-20-14-16-21(17-15-20)34(31,32)28-23-11-5-4-10-22(23)26(30)27-24-12-6-7-13-25(24)29-18-8-3-9-19-29/h4-7,10-17,28H,2-3,8-9,18-19H2,1H3,(H,27,30). The van der Waals surface area contributed by atoms with Gasteiger partial charge >= 0.3 is 0 Å². The molecule has 0 spiro atoms. The minimum Gasteiger partial charge on any atom is -0.494 e. The Balaban J connectivity index is 1.55. The van der Waals surface area contributed by atoms with Gasteiger partial charge in [-0.25, -0.2) is 8.42 Å². The van der Waals surface area contributed by atoms with Gasteiger partial charge in [0, 0.05) is 13.1 Å². The van der Waals surface area contributed by atoms with Gasteiger partial charge in [0.2, 0.25) is 0 Å². The highest BCUT2D eigenvalue weighted by atomic mass is 32.2. The first kappa shape index (κ1) is 23.6. The lowest BCUT2D eigenvalue weighted by atomic mass is 10.1. The maximum atomic E-state index is 13.2. The molecule has 1 saturated heterocycles. The third kappa shape index (κ3) is 5.51. The van der Waals surface area contributed by atoms with Crippen molar-refractivity contribution in [1.82, 2.24) is 0 Å². The number of rotatable bonds is 8. The molecule has 1 fully saturated rings. The van der Waals surface area contributed by atoms with Crippen molar-refractivity contribution in [2.24, 2.45) is 0 Å². The summed E-state index contributed by atoms with van der Waals surface area (Å²) in [6.45, 7) is 4.25. The van der Waals surface area contributed by atoms with Crippen molar-refractivity contribution in [3.8, 4) is 5.75 Å². The number of nitrogens with zero attached hydrogens (tertiary/aromatic N) is 1. The molecule has 0 unspecified atom stereocenters. The van der Waals surface area contributed by atoms with Crippen LogP contribution < -0.4 is 19.7 Å². The molecule has 3 aromatic rings. The van der Waals surface area contributed by atoms with Crippen molar-refractivity contribution in [3.63, 3.8) is 0 Å². The first-order valence-electron chi connectivity index (χ1n) is 11.5. The van der Waals surface area contributed by atoms with Crippen LogP contribution in [0.25, 0.3) is 0 Å². The van der Waals surface area contributed by atoms with Gasteiger partial charge in [0.05, 0.1) is 34.1 Å². The second-order valence-electron chi connectivity index (χ2n) is 8.07. The highest BCUT2D eigenvalue weighted by Gasteiger charge is 2.20. The number of sulfonamides is 1. The van der Waals surface area contributed by atoms with E-state index >= 15 is 0 Å². The van der Waals surface area contributed by atoms with Crippen molar-refractivity contribution in [3.05, 3.63) is 78.4 Å². The highest BCUT2D eigenvalue weighted by molar-refractivity contribution is 7.92. The molecule has 0 radical (unpaired) electrons. The largest absolute Gasteiger partial charge is 0.494 e. The number of para-hydroxylation sites is 3. The first-order valence-corrected chi connectivity index (χ1v) is 13.0. The predicted molar refractivity (Wildman–Crippen MR) is 135 cm³/mol. The Hall–Kier alpha value is -3.52. The molecule has 34 heavy (non-hydrogen) atoms. The van der Waals surface area contributed by atoms with Crippen LogP contribution in [0, 0.1) is 0 Å². The zero-order valence-electron chi connectivity index (χ0n) is 19.2. The topological polar surface area (TPSA) is 87.7 Å². The van der Waals surface area contributed by atoms with Gasteiger partial charge in [-0.05, 0) is 74.7 Å². The molecular formula is C26H29N3O4S. The molecule has 0 aliphatic carbocycles. The van der Waals surface area contributed by atoms with Gasteiger partial charge in [-0.3, -0.25) is 9.52 Å². The van der Waals surface area contributed by atoms with E-state index < -0.39 is 10.0 Å². The lowest BCUT2D eigenvalue weighted by Gasteiger charge is -2.30. The van der Waals surface area contributed by atoms with Gasteiger partial charge in [-0.1, -0.05) is 24.3 Å². The first-order chi connectivity index (χ1) is 16.5. The molecule has 0 aromatic heterocycles. The molecule has 1 amide bonds. The summed E-state index contributed by atoms with van der Waals surface area (Å²) in [5.74, 6) is 0.211. The Morgan fingerprint density at radius 3 is 2.24 bits per heavy atom. The van der Waals surface area contributed by atoms with E-state index in [1.165, 1.54) is 18.6 Å². The minimum absolute atomic E-state index is 0.0848. The van der Waals surface area contributed by atoms with Crippen molar-refractivity contribution < 1.29 is 17.9 Å². The van der Waals surface area contributed by atoms with Crippen LogP contribution >= 0.6 is 0 Å². The number of anilines is 3. The maximum Gasteiger partial charge on any atom is 0.261 e. The molecule has 0 atom stereocenters. The van der Waals surface area contributed by atoms with Crippen LogP contribution in [0.4, 0.5) is 17.1 Å². The van der Waals surface area contributed by atoms with E-state index in [2.05, 4.69) is 14.9 Å². The summed E-state index contributed by atoms with van der Waals surface area (Å²) in [5.41, 5.74) is 2.14. The second kappa shape index (κ2) is 10.6. The van der Waals surface area contributed by atoms with Gasteiger partial charge in [-0.2, -0.15) is 0 Å². The lowest BCUT2D eigenvalue weighted by molar-refractivity contribution is 0.102. The number of carbonyl (C=O) groups excluding carboxylic acids is 1. The van der Waals surface area contributed by atoms with Gasteiger partial charge in [0.1, 0.15) is 5.75 Å². The molecule has 1 aliphatic rings. The van der Waals surface area contributed by atoms with E-state index in [4.69, 9.17) is 4.74 Å². The van der Waals surface area contributed by atoms with E-state index in [9.17, 15) is 13.2 Å². The Morgan fingerprint density at radius 1 is 0.882 bits per heavy atom. The fourth-order valence-corrected chi connectivity index (χ4v) is 5.11. The quantitative estimate of drug-likeness (QED) is 0.468. The maximum absolute atomic E-state index is 13.2. The van der Waals surface area contributed by atoms with Gasteiger partial charge in [-0.15, -0.1) is 0 Å². The fraction of sp³-hybridized carbons (Fsp3) is 0.269. The average Bonchev–Trinajstić information content (AvgIpc) is 2.85. The Labute approximate surface area is 200 Å². The van der Waals surface area contributed by atoms with Crippen LogP contribution in [0.2, 0.25) is 0 Å². The fourth-order valence-electron chi connectivity index (χ4n) is 4.04. The summed E-state index contributed by atoms with van der Waals surface area (Å²) in [7, 11) is -3.89. The SMILES string of the molecule is CCOc1ccc(S(=O)(=O)Nc2ccccc2C(=O)Nc2ccccc2N2CCCCC2)cc1. The van der Waals surface area contributed by atoms with Crippen molar-refractivity contribution in [2.75, 3.05) is 34.6 Å². The van der Waals surface area contributed by atoms with Crippen LogP contribution in [0.5, 0.6) is 5.75 Å². The molecule has 0 saturated carbocycles. The van der Waals surface area contributed by atoms with Crippen LogP contribution in [-0.2, 0) is 10.0 Å². The zero-order chi connectivity index (χ0) is 24.0. The van der Waals surface area contributed by atoms with E-state index in [1.807, 2.05) is 31.2 Å². The second-order valence-corrected chi connectivity index (χ2v) is 9.76. The molecule has 3 aromatic carbocycles. The van der Waals surface area contributed by atoms with Crippen molar-refractivity contribution in [1.29, 1.82) is 0 Å². The van der Waals surface area contributed by atoms with Crippen LogP contribution in [-0.4, -0.2) is 34.0 Å². The van der Waals surface area contributed by atoms with E-state index in [-0.39, 0.29) is 22.1 Å². The van der Waals surface area contributed by atoms with Gasteiger partial charge < -0.3 is 15.0 Å². The van der Waals surface area contributed by atoms with Crippen molar-refractivity contribution in [2.45, 2.75) is 31.1 Å². The Bertz CT molecular complexity index is 1240. The number of carbonyl (C=O) groups is 1. The van der Waals surface area contributed by atoms with Gasteiger partial charge in [0.15, 0.2) is 0 Å². The van der Waals surface area contributed by atoms with Crippen LogP contribution in [0.1, 0.15) is 36.5 Å². The Kier molecular flexibility index (Phi) is 7.37. The number of piperidine rings is 1. The number of nitrogens with one attached hydrogen (secondary N) is 2. The molecule has 1 heterocycles. The molecule has 1 aliphatic heterocycles. The van der Waals surface area contributed by atoms with E-state index in [0.29, 0.717) is 18.0 Å². The third-order valence-electron chi connectivity index (χ3n) is 5.71. The normalized spacial score (nSPS) is 13.9. The summed E-state index contributed by atoms with van der Waals surface area (Å²) in [6, 6.07) is 20.5. The number of hydrogen-bond acceptors (Lipinski definition) is 5. The van der Waals surface area contributed by atoms with Crippen LogP contribution in [0.15, 0.2) is 77.7 Å². The molecule has 7 nitrogen and oxygen atoms in total. The number of benzene rings is 3. The van der Waals surface area contributed by atoms with E-state index in [1.54, 1.807) is 36.4 Å². The molecule has 2 N–H and O–H groups in total. The summed E-state index contributed by atoms with van der Waals surface area (Å²) >= 11 is 0. The summed E-state index contributed by atoms with van der Waals surface area (Å²) in [4.78, 5) is 15.6. The molecule has 4 rings (SSSR count). The number of amides is 1. The molecule has 178 valence electrons.